The first-order valence-electron chi connectivity index (χ1n) is 12.2. The number of nitrogens with one attached hydrogen (secondary N) is 1. The fourth-order valence-corrected chi connectivity index (χ4v) is 4.46. The van der Waals surface area contributed by atoms with E-state index in [4.69, 9.17) is 32.7 Å². The van der Waals surface area contributed by atoms with Crippen molar-refractivity contribution in [3.8, 4) is 11.5 Å². The minimum atomic E-state index is -0.840. The van der Waals surface area contributed by atoms with Gasteiger partial charge in [0.25, 0.3) is 11.8 Å². The summed E-state index contributed by atoms with van der Waals surface area (Å²) in [5.74, 6) is -0.568. The molecular weight excluding hydrogens is 551 g/mol. The highest BCUT2D eigenvalue weighted by atomic mass is 35.5. The lowest BCUT2D eigenvalue weighted by Crippen LogP contribution is -2.54. The molecule has 0 aromatic heterocycles. The SMILES string of the molecule is O=C1NC(=O)N(c2ccc(OCc3ccccc3)cc2)C(=O)/C1=C/c1ccc(OCc2cccc(Cl)c2)c(Cl)c1. The van der Waals surface area contributed by atoms with E-state index < -0.39 is 17.8 Å². The molecule has 1 N–H and O–H groups in total. The van der Waals surface area contributed by atoms with Gasteiger partial charge < -0.3 is 9.47 Å². The van der Waals surface area contributed by atoms with Crippen molar-refractivity contribution in [1.29, 1.82) is 0 Å². The van der Waals surface area contributed by atoms with Crippen molar-refractivity contribution in [1.82, 2.24) is 5.32 Å². The maximum atomic E-state index is 13.3. The van der Waals surface area contributed by atoms with Crippen LogP contribution in [0, 0.1) is 0 Å². The van der Waals surface area contributed by atoms with Crippen molar-refractivity contribution in [2.24, 2.45) is 0 Å². The van der Waals surface area contributed by atoms with E-state index in [2.05, 4.69) is 5.32 Å². The molecule has 200 valence electrons. The molecule has 0 unspecified atom stereocenters. The van der Waals surface area contributed by atoms with E-state index in [1.165, 1.54) is 6.08 Å². The van der Waals surface area contributed by atoms with Gasteiger partial charge >= 0.3 is 6.03 Å². The van der Waals surface area contributed by atoms with Gasteiger partial charge in [-0.2, -0.15) is 0 Å². The number of amides is 4. The fourth-order valence-electron chi connectivity index (χ4n) is 4.00. The third-order valence-electron chi connectivity index (χ3n) is 6.00. The third-order valence-corrected chi connectivity index (χ3v) is 6.53. The predicted molar refractivity (Wildman–Crippen MR) is 153 cm³/mol. The average molecular weight is 573 g/mol. The molecule has 0 bridgehead atoms. The Morgan fingerprint density at radius 1 is 0.750 bits per heavy atom. The lowest BCUT2D eigenvalue weighted by Gasteiger charge is -2.26. The molecule has 1 heterocycles. The fraction of sp³-hybridized carbons (Fsp3) is 0.0645. The molecule has 0 saturated carbocycles. The largest absolute Gasteiger partial charge is 0.489 e. The van der Waals surface area contributed by atoms with E-state index in [9.17, 15) is 14.4 Å². The number of anilines is 1. The smallest absolute Gasteiger partial charge is 0.335 e. The van der Waals surface area contributed by atoms with Crippen LogP contribution in [0.2, 0.25) is 10.0 Å². The highest BCUT2D eigenvalue weighted by Crippen LogP contribution is 2.29. The summed E-state index contributed by atoms with van der Waals surface area (Å²) in [6.07, 6.45) is 1.38. The molecule has 1 aliphatic rings. The average Bonchev–Trinajstić information content (AvgIpc) is 2.95. The Hall–Kier alpha value is -4.59. The number of nitrogens with zero attached hydrogens (tertiary/aromatic N) is 1. The van der Waals surface area contributed by atoms with Crippen molar-refractivity contribution >= 4 is 52.8 Å². The Labute approximate surface area is 240 Å². The van der Waals surface area contributed by atoms with E-state index in [1.54, 1.807) is 54.6 Å². The normalized spacial score (nSPS) is 14.3. The molecule has 4 amide bonds. The summed E-state index contributed by atoms with van der Waals surface area (Å²) in [5.41, 5.74) is 2.44. The quantitative estimate of drug-likeness (QED) is 0.185. The molecule has 1 fully saturated rings. The maximum absolute atomic E-state index is 13.3. The first kappa shape index (κ1) is 27.0. The van der Waals surface area contributed by atoms with Gasteiger partial charge in [-0.25, -0.2) is 9.69 Å². The van der Waals surface area contributed by atoms with E-state index >= 15 is 0 Å². The Kier molecular flexibility index (Phi) is 8.15. The molecule has 0 aliphatic carbocycles. The Morgan fingerprint density at radius 2 is 1.48 bits per heavy atom. The summed E-state index contributed by atoms with van der Waals surface area (Å²) in [5, 5.41) is 3.11. The molecular formula is C31H22Cl2N2O5. The maximum Gasteiger partial charge on any atom is 0.335 e. The van der Waals surface area contributed by atoms with Crippen LogP contribution in [0.3, 0.4) is 0 Å². The van der Waals surface area contributed by atoms with Crippen LogP contribution >= 0.6 is 23.2 Å². The number of ether oxygens (including phenoxy) is 2. The van der Waals surface area contributed by atoms with Crippen molar-refractivity contribution < 1.29 is 23.9 Å². The number of carbonyl (C=O) groups excluding carboxylic acids is 3. The van der Waals surface area contributed by atoms with Gasteiger partial charge in [-0.05, 0) is 71.3 Å². The number of hydrogen-bond donors (Lipinski definition) is 1. The molecule has 7 nitrogen and oxygen atoms in total. The Morgan fingerprint density at radius 3 is 2.20 bits per heavy atom. The zero-order chi connectivity index (χ0) is 28.1. The van der Waals surface area contributed by atoms with Gasteiger partial charge in [0.2, 0.25) is 0 Å². The first-order valence-corrected chi connectivity index (χ1v) is 13.0. The van der Waals surface area contributed by atoms with Gasteiger partial charge in [0, 0.05) is 5.02 Å². The van der Waals surface area contributed by atoms with Crippen LogP contribution in [0.5, 0.6) is 11.5 Å². The minimum Gasteiger partial charge on any atom is -0.489 e. The summed E-state index contributed by atoms with van der Waals surface area (Å²) in [7, 11) is 0. The topological polar surface area (TPSA) is 84.9 Å². The van der Waals surface area contributed by atoms with Crippen LogP contribution in [0.4, 0.5) is 10.5 Å². The summed E-state index contributed by atoms with van der Waals surface area (Å²) in [6.45, 7) is 0.631. The number of urea groups is 1. The summed E-state index contributed by atoms with van der Waals surface area (Å²) < 4.78 is 11.6. The standard InChI is InChI=1S/C31H22Cl2N2O5/c32-23-8-4-7-22(15-23)19-40-28-14-9-21(17-27(28)33)16-26-29(36)34-31(38)35(30(26)37)24-10-12-25(13-11-24)39-18-20-5-2-1-3-6-20/h1-17H,18-19H2,(H,34,36,38)/b26-16+. The highest BCUT2D eigenvalue weighted by molar-refractivity contribution is 6.39. The highest BCUT2D eigenvalue weighted by Gasteiger charge is 2.36. The van der Waals surface area contributed by atoms with Gasteiger partial charge in [-0.3, -0.25) is 14.9 Å². The molecule has 0 radical (unpaired) electrons. The minimum absolute atomic E-state index is 0.215. The number of imide groups is 2. The second-order valence-electron chi connectivity index (χ2n) is 8.83. The molecule has 1 aliphatic heterocycles. The van der Waals surface area contributed by atoms with E-state index in [1.807, 2.05) is 42.5 Å². The number of halogens is 2. The molecule has 0 spiro atoms. The van der Waals surface area contributed by atoms with E-state index in [-0.39, 0.29) is 17.9 Å². The van der Waals surface area contributed by atoms with Crippen LogP contribution in [0.1, 0.15) is 16.7 Å². The Balaban J connectivity index is 1.29. The molecule has 4 aromatic rings. The van der Waals surface area contributed by atoms with Crippen molar-refractivity contribution in [3.05, 3.63) is 129 Å². The van der Waals surface area contributed by atoms with Gasteiger partial charge in [0.15, 0.2) is 0 Å². The van der Waals surface area contributed by atoms with E-state index in [0.29, 0.717) is 33.7 Å². The third kappa shape index (κ3) is 6.34. The van der Waals surface area contributed by atoms with Crippen LogP contribution in [-0.2, 0) is 22.8 Å². The number of benzene rings is 4. The molecule has 1 saturated heterocycles. The lowest BCUT2D eigenvalue weighted by molar-refractivity contribution is -0.122. The van der Waals surface area contributed by atoms with Gasteiger partial charge in [0.05, 0.1) is 10.7 Å². The van der Waals surface area contributed by atoms with E-state index in [0.717, 1.165) is 16.0 Å². The zero-order valence-electron chi connectivity index (χ0n) is 21.0. The second kappa shape index (κ2) is 12.1. The van der Waals surface area contributed by atoms with Crippen molar-refractivity contribution in [2.45, 2.75) is 13.2 Å². The van der Waals surface area contributed by atoms with Crippen LogP contribution in [-0.4, -0.2) is 17.8 Å². The Bertz CT molecular complexity index is 1600. The number of rotatable bonds is 8. The molecule has 0 atom stereocenters. The summed E-state index contributed by atoms with van der Waals surface area (Å²) in [4.78, 5) is 39.3. The van der Waals surface area contributed by atoms with Crippen LogP contribution in [0.15, 0.2) is 103 Å². The molecule has 5 rings (SSSR count). The molecule has 9 heteroatoms. The van der Waals surface area contributed by atoms with Crippen LogP contribution in [0.25, 0.3) is 6.08 Å². The summed E-state index contributed by atoms with van der Waals surface area (Å²) in [6, 6.07) is 27.4. The number of hydrogen-bond acceptors (Lipinski definition) is 5. The summed E-state index contributed by atoms with van der Waals surface area (Å²) >= 11 is 12.4. The monoisotopic (exact) mass is 572 g/mol. The van der Waals surface area contributed by atoms with Gasteiger partial charge in [-0.15, -0.1) is 0 Å². The molecule has 4 aromatic carbocycles. The van der Waals surface area contributed by atoms with Gasteiger partial charge in [-0.1, -0.05) is 71.7 Å². The first-order chi connectivity index (χ1) is 19.4. The lowest BCUT2D eigenvalue weighted by atomic mass is 10.1. The van der Waals surface area contributed by atoms with Gasteiger partial charge in [0.1, 0.15) is 30.3 Å². The number of barbiturate groups is 1. The van der Waals surface area contributed by atoms with Crippen molar-refractivity contribution in [3.63, 3.8) is 0 Å². The number of carbonyl (C=O) groups is 3. The zero-order valence-corrected chi connectivity index (χ0v) is 22.5. The van der Waals surface area contributed by atoms with Crippen LogP contribution < -0.4 is 19.7 Å². The van der Waals surface area contributed by atoms with Crippen molar-refractivity contribution in [2.75, 3.05) is 4.90 Å². The second-order valence-corrected chi connectivity index (χ2v) is 9.68. The predicted octanol–water partition coefficient (Wildman–Crippen LogP) is 6.82. The molecule has 40 heavy (non-hydrogen) atoms.